The number of aromatic nitrogens is 6. The Labute approximate surface area is 387 Å². The van der Waals surface area contributed by atoms with Crippen molar-refractivity contribution in [3.63, 3.8) is 0 Å². The van der Waals surface area contributed by atoms with Gasteiger partial charge in [0.15, 0.2) is 11.3 Å². The Morgan fingerprint density at radius 1 is 0.701 bits per heavy atom. The molecule has 8 aromatic rings. The minimum absolute atomic E-state index is 0.395. The molecule has 1 amide bonds. The Balaban J connectivity index is 0.000000171. The van der Waals surface area contributed by atoms with Crippen LogP contribution in [-0.2, 0) is 17.6 Å². The summed E-state index contributed by atoms with van der Waals surface area (Å²) in [5, 5.41) is 35.7. The highest BCUT2D eigenvalue weighted by atomic mass is 16.6. The van der Waals surface area contributed by atoms with E-state index in [1.165, 1.54) is 5.56 Å². The van der Waals surface area contributed by atoms with Crippen molar-refractivity contribution in [3.8, 4) is 22.5 Å². The van der Waals surface area contributed by atoms with Gasteiger partial charge in [0, 0.05) is 82.9 Å². The predicted molar refractivity (Wildman–Crippen MR) is 263 cm³/mol. The molecule has 0 bridgehead atoms. The fourth-order valence-corrected chi connectivity index (χ4v) is 8.57. The minimum atomic E-state index is -0.590. The van der Waals surface area contributed by atoms with Crippen molar-refractivity contribution >= 4 is 63.2 Å². The van der Waals surface area contributed by atoms with Crippen molar-refractivity contribution in [2.24, 2.45) is 10.3 Å². The second-order valence-corrected chi connectivity index (χ2v) is 17.2. The number of carbonyl (C=O) groups excluding carboxylic acids is 1. The number of nitrogens with zero attached hydrogens (tertiary/aromatic N) is 9. The van der Waals surface area contributed by atoms with Crippen LogP contribution in [0.1, 0.15) is 69.7 Å². The number of imidazole rings is 2. The average molecular weight is 897 g/mol. The fourth-order valence-electron chi connectivity index (χ4n) is 8.57. The zero-order chi connectivity index (χ0) is 46.7. The quantitative estimate of drug-likeness (QED) is 0.0648. The SMILES string of the molecule is CCN(C(=O)OC(C)(C)C)c1cccc(-c2nc3cnccn3c2Nc2ccc3c(c2)CCC3=NO)c1.CCNc1cccc(-c2nc3cnccn3c2Nc2ccc3c(c2)CCC3=NO)c1. The Hall–Kier alpha value is -8.27. The molecule has 67 heavy (non-hydrogen) atoms. The number of oxime groups is 2. The Kier molecular flexibility index (Phi) is 12.3. The maximum absolute atomic E-state index is 12.9. The molecule has 0 saturated heterocycles. The summed E-state index contributed by atoms with van der Waals surface area (Å²) in [5.74, 6) is 1.67. The van der Waals surface area contributed by atoms with Crippen molar-refractivity contribution in [2.75, 3.05) is 33.9 Å². The van der Waals surface area contributed by atoms with E-state index in [9.17, 15) is 15.2 Å². The first kappa shape index (κ1) is 44.0. The monoisotopic (exact) mass is 896 g/mol. The number of carbonyl (C=O) groups is 1. The van der Waals surface area contributed by atoms with Crippen LogP contribution in [-0.4, -0.2) is 75.4 Å². The summed E-state index contributed by atoms with van der Waals surface area (Å²) in [6.45, 7) is 10.9. The molecule has 4 heterocycles. The summed E-state index contributed by atoms with van der Waals surface area (Å²) in [4.78, 5) is 32.6. The molecule has 10 rings (SSSR count). The summed E-state index contributed by atoms with van der Waals surface area (Å²) in [7, 11) is 0. The number of benzene rings is 4. The molecule has 4 aromatic carbocycles. The zero-order valence-corrected chi connectivity index (χ0v) is 38.0. The summed E-state index contributed by atoms with van der Waals surface area (Å²) in [6, 6.07) is 28.1. The van der Waals surface area contributed by atoms with Gasteiger partial charge in [-0.05, 0) is 120 Å². The van der Waals surface area contributed by atoms with Crippen LogP contribution >= 0.6 is 0 Å². The highest BCUT2D eigenvalue weighted by Crippen LogP contribution is 2.36. The number of anilines is 6. The molecule has 0 spiro atoms. The predicted octanol–water partition coefficient (Wildman–Crippen LogP) is 10.7. The van der Waals surface area contributed by atoms with Crippen LogP contribution in [0.4, 0.5) is 39.2 Å². The molecular formula is C51H52N12O4. The standard InChI is InChI=1S/C28H30N6O3.C23H22N6O/c1-5-33(27(35)37-28(2,3)4)21-8-6-7-19(16-21)25-26(34-14-13-29-17-24(34)31-25)30-20-10-11-22-18(15-20)9-12-23(22)32-36;1-2-25-17-5-3-4-16(13-17)22-23(29-11-10-24-14-21(29)27-22)26-18-7-8-19-15(12-18)6-9-20(19)28-30/h6-8,10-11,13-17,30,36H,5,9,12H2,1-4H3;3-5,7-8,10-14,25-26,30H,2,6,9H2,1H3. The first-order chi connectivity index (χ1) is 32.5. The van der Waals surface area contributed by atoms with Crippen molar-refractivity contribution < 1.29 is 19.9 Å². The lowest BCUT2D eigenvalue weighted by Gasteiger charge is -2.26. The molecule has 0 radical (unpaired) electrons. The van der Waals surface area contributed by atoms with E-state index < -0.39 is 11.7 Å². The van der Waals surface area contributed by atoms with Crippen LogP contribution in [0.2, 0.25) is 0 Å². The molecule has 0 atom stereocenters. The zero-order valence-electron chi connectivity index (χ0n) is 38.0. The first-order valence-corrected chi connectivity index (χ1v) is 22.4. The molecule has 0 fully saturated rings. The molecule has 340 valence electrons. The van der Waals surface area contributed by atoms with Crippen molar-refractivity contribution in [1.82, 2.24) is 28.7 Å². The van der Waals surface area contributed by atoms with Crippen molar-refractivity contribution in [1.29, 1.82) is 0 Å². The molecular weight excluding hydrogens is 845 g/mol. The van der Waals surface area contributed by atoms with Crippen LogP contribution in [0.5, 0.6) is 0 Å². The average Bonchev–Trinajstić information content (AvgIpc) is 4.12. The molecule has 16 heteroatoms. The number of ether oxygens (including phenoxy) is 1. The van der Waals surface area contributed by atoms with E-state index in [0.717, 1.165) is 117 Å². The van der Waals surface area contributed by atoms with Crippen LogP contribution in [0.25, 0.3) is 33.8 Å². The lowest BCUT2D eigenvalue weighted by atomic mass is 10.1. The van der Waals surface area contributed by atoms with Gasteiger partial charge in [-0.15, -0.1) is 0 Å². The molecule has 0 saturated carbocycles. The van der Waals surface area contributed by atoms with Crippen molar-refractivity contribution in [2.45, 2.75) is 65.9 Å². The third-order valence-electron chi connectivity index (χ3n) is 11.6. The number of aryl methyl sites for hydroxylation is 2. The third kappa shape index (κ3) is 9.18. The van der Waals surface area contributed by atoms with E-state index in [1.807, 2.05) is 103 Å². The number of fused-ring (bicyclic) bond motifs is 4. The maximum atomic E-state index is 12.9. The van der Waals surface area contributed by atoms with Gasteiger partial charge in [0.25, 0.3) is 0 Å². The second kappa shape index (κ2) is 18.7. The highest BCUT2D eigenvalue weighted by molar-refractivity contribution is 6.05. The topological polar surface area (TPSA) is 191 Å². The lowest BCUT2D eigenvalue weighted by molar-refractivity contribution is 0.0582. The first-order valence-electron chi connectivity index (χ1n) is 22.4. The Morgan fingerprint density at radius 3 is 1.75 bits per heavy atom. The van der Waals surface area contributed by atoms with Gasteiger partial charge in [0.1, 0.15) is 28.6 Å². The van der Waals surface area contributed by atoms with Gasteiger partial charge in [-0.25, -0.2) is 14.8 Å². The van der Waals surface area contributed by atoms with Crippen molar-refractivity contribution in [3.05, 3.63) is 144 Å². The second-order valence-electron chi connectivity index (χ2n) is 17.2. The van der Waals surface area contributed by atoms with Gasteiger partial charge in [0.2, 0.25) is 0 Å². The molecule has 2 aliphatic rings. The summed E-state index contributed by atoms with van der Waals surface area (Å²) < 4.78 is 9.58. The summed E-state index contributed by atoms with van der Waals surface area (Å²) >= 11 is 0. The smallest absolute Gasteiger partial charge is 0.414 e. The molecule has 4 aromatic heterocycles. The summed E-state index contributed by atoms with van der Waals surface area (Å²) in [5.41, 5.74) is 13.8. The van der Waals surface area contributed by atoms with E-state index in [0.29, 0.717) is 17.9 Å². The van der Waals surface area contributed by atoms with Gasteiger partial charge >= 0.3 is 6.09 Å². The van der Waals surface area contributed by atoms with E-state index in [4.69, 9.17) is 14.7 Å². The molecule has 2 aliphatic carbocycles. The van der Waals surface area contributed by atoms with Gasteiger partial charge in [-0.1, -0.05) is 46.7 Å². The number of hydrogen-bond acceptors (Lipinski definition) is 13. The number of hydrogen-bond donors (Lipinski definition) is 5. The van der Waals surface area contributed by atoms with E-state index >= 15 is 0 Å². The number of rotatable bonds is 10. The molecule has 0 aliphatic heterocycles. The van der Waals surface area contributed by atoms with Gasteiger partial charge in [-0.2, -0.15) is 0 Å². The Bertz CT molecular complexity index is 3180. The molecule has 0 unspecified atom stereocenters. The van der Waals surface area contributed by atoms with Crippen LogP contribution in [0, 0.1) is 0 Å². The van der Waals surface area contributed by atoms with Gasteiger partial charge < -0.3 is 31.1 Å². The molecule has 5 N–H and O–H groups in total. The largest absolute Gasteiger partial charge is 0.443 e. The van der Waals surface area contributed by atoms with Crippen LogP contribution in [0.3, 0.4) is 0 Å². The minimum Gasteiger partial charge on any atom is -0.443 e. The Morgan fingerprint density at radius 2 is 1.24 bits per heavy atom. The van der Waals surface area contributed by atoms with Crippen LogP contribution < -0.4 is 20.9 Å². The number of nitrogens with one attached hydrogen (secondary N) is 3. The maximum Gasteiger partial charge on any atom is 0.414 e. The molecule has 16 nitrogen and oxygen atoms in total. The van der Waals surface area contributed by atoms with Gasteiger partial charge in [0.05, 0.1) is 23.8 Å². The van der Waals surface area contributed by atoms with E-state index in [2.05, 4.69) is 73.5 Å². The number of amides is 1. The summed E-state index contributed by atoms with van der Waals surface area (Å²) in [6.07, 6.45) is 13.5. The van der Waals surface area contributed by atoms with Crippen LogP contribution in [0.15, 0.2) is 132 Å². The normalized spacial score (nSPS) is 14.2. The van der Waals surface area contributed by atoms with Gasteiger partial charge in [-0.3, -0.25) is 23.7 Å². The van der Waals surface area contributed by atoms with E-state index in [1.54, 1.807) is 29.7 Å². The third-order valence-corrected chi connectivity index (χ3v) is 11.6. The highest BCUT2D eigenvalue weighted by Gasteiger charge is 2.25. The fraction of sp³-hybridized carbons (Fsp3) is 0.235. The van der Waals surface area contributed by atoms with E-state index in [-0.39, 0.29) is 0 Å². The lowest BCUT2D eigenvalue weighted by Crippen LogP contribution is -2.36.